The summed E-state index contributed by atoms with van der Waals surface area (Å²) in [5, 5.41) is 4.18. The van der Waals surface area contributed by atoms with Gasteiger partial charge in [-0.05, 0) is 54.8 Å². The lowest BCUT2D eigenvalue weighted by Crippen LogP contribution is -2.50. The largest absolute Gasteiger partial charge is 0.493 e. The number of methoxy groups -OCH3 is 1. The summed E-state index contributed by atoms with van der Waals surface area (Å²) in [6, 6.07) is 11.8. The molecule has 2 aromatic carbocycles. The van der Waals surface area contributed by atoms with E-state index in [1.54, 1.807) is 31.4 Å². The van der Waals surface area contributed by atoms with Crippen LogP contribution >= 0.6 is 0 Å². The van der Waals surface area contributed by atoms with Gasteiger partial charge in [-0.1, -0.05) is 19.9 Å². The molecule has 0 aliphatic carbocycles. The van der Waals surface area contributed by atoms with Crippen LogP contribution in [0.25, 0.3) is 0 Å². The number of hydrogen-bond donors (Lipinski definition) is 2. The van der Waals surface area contributed by atoms with Crippen molar-refractivity contribution in [1.82, 2.24) is 10.7 Å². The second kappa shape index (κ2) is 10.2. The van der Waals surface area contributed by atoms with Gasteiger partial charge < -0.3 is 14.8 Å². The van der Waals surface area contributed by atoms with Crippen molar-refractivity contribution in [1.29, 1.82) is 0 Å². The number of nitrogens with one attached hydrogen (secondary N) is 2. The van der Waals surface area contributed by atoms with E-state index in [4.69, 9.17) is 9.47 Å². The van der Waals surface area contributed by atoms with E-state index in [1.165, 1.54) is 5.01 Å². The number of carbonyl (C=O) groups is 3. The lowest BCUT2D eigenvalue weighted by atomic mass is 10.1. The number of amides is 3. The second-order valence-electron chi connectivity index (χ2n) is 8.12. The van der Waals surface area contributed by atoms with Crippen LogP contribution in [0.1, 0.15) is 55.6 Å². The first-order valence-corrected chi connectivity index (χ1v) is 10.6. The van der Waals surface area contributed by atoms with Gasteiger partial charge >= 0.3 is 0 Å². The van der Waals surface area contributed by atoms with E-state index in [1.807, 2.05) is 25.1 Å². The third-order valence-corrected chi connectivity index (χ3v) is 5.05. The molecule has 1 fully saturated rings. The number of rotatable bonds is 8. The number of carbonyl (C=O) groups excluding carboxylic acids is 3. The number of nitrogens with zero attached hydrogens (tertiary/aromatic N) is 1. The normalized spacial score (nSPS) is 14.7. The van der Waals surface area contributed by atoms with Crippen molar-refractivity contribution in [2.24, 2.45) is 5.92 Å². The number of anilines is 1. The molecule has 1 saturated heterocycles. The number of hydrogen-bond acceptors (Lipinski definition) is 5. The van der Waals surface area contributed by atoms with Crippen molar-refractivity contribution in [2.45, 2.75) is 39.7 Å². The minimum absolute atomic E-state index is 0.163. The fourth-order valence-electron chi connectivity index (χ4n) is 3.24. The van der Waals surface area contributed by atoms with Crippen LogP contribution < -0.4 is 25.2 Å². The molecule has 0 radical (unpaired) electrons. The van der Waals surface area contributed by atoms with E-state index in [9.17, 15) is 14.4 Å². The highest BCUT2D eigenvalue weighted by molar-refractivity contribution is 6.01. The van der Waals surface area contributed by atoms with Crippen LogP contribution in [0.5, 0.6) is 11.5 Å². The average Bonchev–Trinajstić information content (AvgIpc) is 2.79. The minimum atomic E-state index is -0.266. The summed E-state index contributed by atoms with van der Waals surface area (Å²) in [6.45, 7) is 6.62. The van der Waals surface area contributed by atoms with Crippen LogP contribution in [0.3, 0.4) is 0 Å². The highest BCUT2D eigenvalue weighted by Gasteiger charge is 2.24. The van der Waals surface area contributed by atoms with Crippen molar-refractivity contribution >= 4 is 23.4 Å². The van der Waals surface area contributed by atoms with Crippen LogP contribution in [-0.2, 0) is 9.59 Å². The maximum Gasteiger partial charge on any atom is 0.251 e. The summed E-state index contributed by atoms with van der Waals surface area (Å²) < 4.78 is 11.2. The van der Waals surface area contributed by atoms with Gasteiger partial charge in [-0.3, -0.25) is 19.8 Å². The highest BCUT2D eigenvalue weighted by atomic mass is 16.5. The molecule has 0 spiro atoms. The average molecular weight is 440 g/mol. The predicted molar refractivity (Wildman–Crippen MR) is 121 cm³/mol. The third-order valence-electron chi connectivity index (χ3n) is 5.05. The second-order valence-corrected chi connectivity index (χ2v) is 8.12. The Hall–Kier alpha value is -3.55. The topological polar surface area (TPSA) is 97.0 Å². The molecule has 170 valence electrons. The molecule has 2 N–H and O–H groups in total. The smallest absolute Gasteiger partial charge is 0.251 e. The standard InChI is InChI=1S/C24H29N3O5/c1-15(2)14-32-20-10-7-18(13-21(20)31-4)16(3)25-24(30)17-5-8-19(9-6-17)27-23(29)12-11-22(28)26-27/h5-10,13,15-16H,11-12,14H2,1-4H3,(H,25,30)(H,26,28). The Morgan fingerprint density at radius 2 is 1.78 bits per heavy atom. The lowest BCUT2D eigenvalue weighted by Gasteiger charge is -2.27. The summed E-state index contributed by atoms with van der Waals surface area (Å²) in [6.07, 6.45) is 0.347. The molecular formula is C24H29N3O5. The van der Waals surface area contributed by atoms with E-state index in [-0.39, 0.29) is 36.6 Å². The zero-order chi connectivity index (χ0) is 23.3. The summed E-state index contributed by atoms with van der Waals surface area (Å²) in [5.74, 6) is 1.02. The van der Waals surface area contributed by atoms with Crippen LogP contribution in [0, 0.1) is 5.92 Å². The van der Waals surface area contributed by atoms with Crippen LogP contribution in [0.4, 0.5) is 5.69 Å². The van der Waals surface area contributed by atoms with Gasteiger partial charge in [-0.15, -0.1) is 0 Å². The van der Waals surface area contributed by atoms with Crippen molar-refractivity contribution in [2.75, 3.05) is 18.7 Å². The fraction of sp³-hybridized carbons (Fsp3) is 0.375. The zero-order valence-electron chi connectivity index (χ0n) is 18.8. The molecule has 1 aliphatic heterocycles. The van der Waals surface area contributed by atoms with Crippen LogP contribution in [-0.4, -0.2) is 31.4 Å². The molecule has 32 heavy (non-hydrogen) atoms. The zero-order valence-corrected chi connectivity index (χ0v) is 18.8. The Labute approximate surface area is 187 Å². The molecule has 8 heteroatoms. The van der Waals surface area contributed by atoms with Gasteiger partial charge in [-0.25, -0.2) is 5.01 Å². The number of ether oxygens (including phenoxy) is 2. The molecule has 1 atom stereocenters. The molecule has 0 saturated carbocycles. The van der Waals surface area contributed by atoms with E-state index in [0.29, 0.717) is 35.3 Å². The van der Waals surface area contributed by atoms with Gasteiger partial charge in [0.1, 0.15) is 0 Å². The maximum absolute atomic E-state index is 12.7. The first-order valence-electron chi connectivity index (χ1n) is 10.6. The molecule has 1 heterocycles. The van der Waals surface area contributed by atoms with Crippen molar-refractivity contribution in [3.8, 4) is 11.5 Å². The van der Waals surface area contributed by atoms with Crippen LogP contribution in [0.15, 0.2) is 42.5 Å². The molecule has 3 rings (SSSR count). The molecule has 2 aromatic rings. The quantitative estimate of drug-likeness (QED) is 0.657. The SMILES string of the molecule is COc1cc(C(C)NC(=O)c2ccc(N3NC(=O)CCC3=O)cc2)ccc1OCC(C)C. The van der Waals surface area contributed by atoms with E-state index < -0.39 is 0 Å². The van der Waals surface area contributed by atoms with Crippen molar-refractivity contribution < 1.29 is 23.9 Å². The molecule has 8 nitrogen and oxygen atoms in total. The van der Waals surface area contributed by atoms with E-state index in [2.05, 4.69) is 24.6 Å². The van der Waals surface area contributed by atoms with Gasteiger partial charge in [0.15, 0.2) is 11.5 Å². The third kappa shape index (κ3) is 5.57. The Morgan fingerprint density at radius 1 is 1.06 bits per heavy atom. The maximum atomic E-state index is 12.7. The molecule has 1 unspecified atom stereocenters. The molecule has 1 aliphatic rings. The lowest BCUT2D eigenvalue weighted by molar-refractivity contribution is -0.130. The Bertz CT molecular complexity index is 988. The van der Waals surface area contributed by atoms with Crippen molar-refractivity contribution in [3.05, 3.63) is 53.6 Å². The summed E-state index contributed by atoms with van der Waals surface area (Å²) in [4.78, 5) is 36.3. The van der Waals surface area contributed by atoms with Gasteiger partial charge in [-0.2, -0.15) is 0 Å². The van der Waals surface area contributed by atoms with Gasteiger partial charge in [0.2, 0.25) is 11.8 Å². The van der Waals surface area contributed by atoms with Gasteiger partial charge in [0, 0.05) is 18.4 Å². The number of benzene rings is 2. The first-order chi connectivity index (χ1) is 15.3. The first kappa shape index (κ1) is 23.1. The summed E-state index contributed by atoms with van der Waals surface area (Å²) in [5.41, 5.74) is 4.37. The predicted octanol–water partition coefficient (Wildman–Crippen LogP) is 3.38. The molecule has 0 bridgehead atoms. The number of hydrazine groups is 1. The van der Waals surface area contributed by atoms with Crippen molar-refractivity contribution in [3.63, 3.8) is 0 Å². The molecular weight excluding hydrogens is 410 g/mol. The monoisotopic (exact) mass is 439 g/mol. The van der Waals surface area contributed by atoms with Gasteiger partial charge in [0.25, 0.3) is 5.91 Å². The Morgan fingerprint density at radius 3 is 2.44 bits per heavy atom. The molecule has 0 aromatic heterocycles. The van der Waals surface area contributed by atoms with Gasteiger partial charge in [0.05, 0.1) is 25.4 Å². The molecule has 3 amide bonds. The summed E-state index contributed by atoms with van der Waals surface area (Å²) in [7, 11) is 1.58. The van der Waals surface area contributed by atoms with E-state index in [0.717, 1.165) is 5.56 Å². The summed E-state index contributed by atoms with van der Waals surface area (Å²) >= 11 is 0. The highest BCUT2D eigenvalue weighted by Crippen LogP contribution is 2.31. The fourth-order valence-corrected chi connectivity index (χ4v) is 3.24. The Kier molecular flexibility index (Phi) is 7.35. The van der Waals surface area contributed by atoms with Crippen LogP contribution in [0.2, 0.25) is 0 Å². The minimum Gasteiger partial charge on any atom is -0.493 e. The Balaban J connectivity index is 1.66. The van der Waals surface area contributed by atoms with E-state index >= 15 is 0 Å².